The summed E-state index contributed by atoms with van der Waals surface area (Å²) in [5.74, 6) is -0.274. The minimum absolute atomic E-state index is 0.0296. The highest BCUT2D eigenvalue weighted by Gasteiger charge is 2.30. The summed E-state index contributed by atoms with van der Waals surface area (Å²) in [5.41, 5.74) is 1.39. The van der Waals surface area contributed by atoms with Crippen LogP contribution in [-0.2, 0) is 0 Å². The second kappa shape index (κ2) is 4.15. The Bertz CT molecular complexity index is 476. The van der Waals surface area contributed by atoms with Gasteiger partial charge in [0, 0.05) is 19.6 Å². The topological polar surface area (TPSA) is 71.3 Å². The first-order chi connectivity index (χ1) is 8.24. The minimum atomic E-state index is -0.304. The van der Waals surface area contributed by atoms with Crippen LogP contribution in [0.1, 0.15) is 10.7 Å². The number of nitrogens with one attached hydrogen (secondary N) is 1. The molecule has 1 saturated heterocycles. The quantitative estimate of drug-likeness (QED) is 0.609. The average Bonchev–Trinajstić information content (AvgIpc) is 2.76. The van der Waals surface area contributed by atoms with Gasteiger partial charge in [0.2, 0.25) is 0 Å². The van der Waals surface area contributed by atoms with Crippen molar-refractivity contribution < 1.29 is 9.21 Å². The molecule has 1 N–H and O–H groups in total. The Kier molecular flexibility index (Phi) is 2.64. The third kappa shape index (κ3) is 2.07. The van der Waals surface area contributed by atoms with Crippen LogP contribution in [0.25, 0.3) is 0 Å². The van der Waals surface area contributed by atoms with Gasteiger partial charge in [-0.1, -0.05) is 17.8 Å². The smallest absolute Gasteiger partial charge is 0.309 e. The van der Waals surface area contributed by atoms with Gasteiger partial charge < -0.3 is 9.73 Å². The van der Waals surface area contributed by atoms with Gasteiger partial charge in [-0.2, -0.15) is 0 Å². The second-order valence-electron chi connectivity index (χ2n) is 4.15. The van der Waals surface area contributed by atoms with Crippen LogP contribution < -0.4 is 5.32 Å². The molecule has 0 aromatic carbocycles. The molecule has 7 heteroatoms. The summed E-state index contributed by atoms with van der Waals surface area (Å²) in [6.45, 7) is 2.95. The summed E-state index contributed by atoms with van der Waals surface area (Å²) in [6, 6.07) is 0.0598. The number of amides is 1. The fourth-order valence-corrected chi connectivity index (χ4v) is 2.36. The van der Waals surface area contributed by atoms with E-state index in [2.05, 4.69) is 26.5 Å². The molecule has 0 radical (unpaired) electrons. The Morgan fingerprint density at radius 2 is 2.41 bits per heavy atom. The number of hydrogen-bond acceptors (Lipinski definition) is 6. The van der Waals surface area contributed by atoms with E-state index in [0.29, 0.717) is 5.22 Å². The van der Waals surface area contributed by atoms with Gasteiger partial charge in [0.15, 0.2) is 0 Å². The van der Waals surface area contributed by atoms with E-state index >= 15 is 0 Å². The molecule has 0 spiro atoms. The van der Waals surface area contributed by atoms with Crippen molar-refractivity contribution in [3.05, 3.63) is 17.5 Å². The van der Waals surface area contributed by atoms with Crippen molar-refractivity contribution in [3.63, 3.8) is 0 Å². The summed E-state index contributed by atoms with van der Waals surface area (Å²) in [4.78, 5) is 14.1. The first-order valence-corrected chi connectivity index (χ1v) is 6.57. The lowest BCUT2D eigenvalue weighted by Gasteiger charge is -2.41. The van der Waals surface area contributed by atoms with Crippen molar-refractivity contribution in [1.82, 2.24) is 20.4 Å². The number of thioether (sulfide) groups is 1. The van der Waals surface area contributed by atoms with Crippen molar-refractivity contribution in [2.24, 2.45) is 0 Å². The summed E-state index contributed by atoms with van der Waals surface area (Å²) in [5, 5.41) is 10.7. The average molecular weight is 252 g/mol. The SMILES string of the molecule is CSc1nnc(C(=O)NC2C=C3CN(C3)C2)o1. The van der Waals surface area contributed by atoms with Gasteiger partial charge >= 0.3 is 11.8 Å². The molecule has 0 saturated carbocycles. The van der Waals surface area contributed by atoms with Crippen LogP contribution in [0, 0.1) is 0 Å². The van der Waals surface area contributed by atoms with Crippen LogP contribution in [-0.4, -0.2) is 52.9 Å². The van der Waals surface area contributed by atoms with Gasteiger partial charge in [0.1, 0.15) is 0 Å². The number of nitrogens with zero attached hydrogens (tertiary/aromatic N) is 3. The molecule has 90 valence electrons. The van der Waals surface area contributed by atoms with Gasteiger partial charge in [-0.15, -0.1) is 10.2 Å². The van der Waals surface area contributed by atoms with Crippen LogP contribution in [0.5, 0.6) is 0 Å². The Morgan fingerprint density at radius 1 is 1.59 bits per heavy atom. The Labute approximate surface area is 102 Å². The van der Waals surface area contributed by atoms with Crippen molar-refractivity contribution in [3.8, 4) is 0 Å². The van der Waals surface area contributed by atoms with E-state index < -0.39 is 0 Å². The molecular formula is C10H12N4O2S. The molecule has 4 heterocycles. The molecule has 1 amide bonds. The minimum Gasteiger partial charge on any atom is -0.407 e. The molecule has 1 fully saturated rings. The van der Waals surface area contributed by atoms with Crippen LogP contribution in [0.4, 0.5) is 0 Å². The third-order valence-electron chi connectivity index (χ3n) is 2.84. The van der Waals surface area contributed by atoms with Gasteiger partial charge in [0.25, 0.3) is 5.22 Å². The highest BCUT2D eigenvalue weighted by Crippen LogP contribution is 2.21. The first kappa shape index (κ1) is 10.8. The monoisotopic (exact) mass is 252 g/mol. The van der Waals surface area contributed by atoms with E-state index in [1.54, 1.807) is 0 Å². The van der Waals surface area contributed by atoms with Crippen LogP contribution in [0.15, 0.2) is 21.3 Å². The zero-order valence-corrected chi connectivity index (χ0v) is 10.2. The number of rotatable bonds is 3. The Morgan fingerprint density at radius 3 is 3.00 bits per heavy atom. The van der Waals surface area contributed by atoms with Crippen molar-refractivity contribution in [1.29, 1.82) is 0 Å². The third-order valence-corrected chi connectivity index (χ3v) is 3.35. The first-order valence-electron chi connectivity index (χ1n) is 5.35. The molecule has 3 aliphatic heterocycles. The highest BCUT2D eigenvalue weighted by atomic mass is 32.2. The summed E-state index contributed by atoms with van der Waals surface area (Å²) >= 11 is 1.32. The molecule has 3 aliphatic rings. The van der Waals surface area contributed by atoms with Crippen LogP contribution in [0.3, 0.4) is 0 Å². The molecule has 1 atom stereocenters. The molecule has 17 heavy (non-hydrogen) atoms. The van der Waals surface area contributed by atoms with Crippen LogP contribution in [0.2, 0.25) is 0 Å². The lowest BCUT2D eigenvalue weighted by Crippen LogP contribution is -2.54. The van der Waals surface area contributed by atoms with E-state index in [-0.39, 0.29) is 17.8 Å². The zero-order valence-electron chi connectivity index (χ0n) is 9.34. The maximum Gasteiger partial charge on any atom is 0.309 e. The second-order valence-corrected chi connectivity index (χ2v) is 4.91. The number of aromatic nitrogens is 2. The largest absolute Gasteiger partial charge is 0.407 e. The predicted octanol–water partition coefficient (Wildman–Crippen LogP) is 0.145. The fourth-order valence-electron chi connectivity index (χ4n) is 2.08. The molecule has 0 aliphatic carbocycles. The number of carbonyl (C=O) groups excluding carboxylic acids is 1. The summed E-state index contributed by atoms with van der Waals surface area (Å²) < 4.78 is 5.17. The molecular weight excluding hydrogens is 240 g/mol. The summed E-state index contributed by atoms with van der Waals surface area (Å²) in [6.07, 6.45) is 3.94. The van der Waals surface area contributed by atoms with Gasteiger partial charge in [0.05, 0.1) is 6.04 Å². The van der Waals surface area contributed by atoms with Crippen molar-refractivity contribution in [2.45, 2.75) is 11.3 Å². The van der Waals surface area contributed by atoms with E-state index in [1.807, 2.05) is 6.26 Å². The predicted molar refractivity (Wildman–Crippen MR) is 61.9 cm³/mol. The number of fused-ring (bicyclic) bond motifs is 2. The molecule has 6 nitrogen and oxygen atoms in total. The molecule has 1 aromatic rings. The van der Waals surface area contributed by atoms with Gasteiger partial charge in [-0.25, -0.2) is 0 Å². The Balaban J connectivity index is 1.65. The standard InChI is InChI=1S/C10H12N4O2S/c1-17-10-13-12-9(16-10)8(15)11-7-2-6-3-14(4-6)5-7/h2,7H,3-5H2,1H3,(H,11,15). The maximum atomic E-state index is 11.8. The normalized spacial score (nSPS) is 26.1. The van der Waals surface area contributed by atoms with Crippen molar-refractivity contribution >= 4 is 17.7 Å². The lowest BCUT2D eigenvalue weighted by molar-refractivity contribution is 0.0885. The van der Waals surface area contributed by atoms with E-state index in [1.165, 1.54) is 17.3 Å². The summed E-state index contributed by atoms with van der Waals surface area (Å²) in [7, 11) is 0. The number of hydrogen-bond donors (Lipinski definition) is 1. The maximum absolute atomic E-state index is 11.8. The molecule has 1 unspecified atom stereocenters. The molecule has 2 bridgehead atoms. The lowest BCUT2D eigenvalue weighted by atomic mass is 9.97. The molecule has 1 aromatic heterocycles. The Hall–Kier alpha value is -1.34. The van der Waals surface area contributed by atoms with E-state index in [0.717, 1.165) is 19.6 Å². The number of carbonyl (C=O) groups is 1. The van der Waals surface area contributed by atoms with E-state index in [9.17, 15) is 4.79 Å². The zero-order chi connectivity index (χ0) is 11.8. The van der Waals surface area contributed by atoms with Crippen LogP contribution >= 0.6 is 11.8 Å². The van der Waals surface area contributed by atoms with Gasteiger partial charge in [-0.3, -0.25) is 9.69 Å². The fraction of sp³-hybridized carbons (Fsp3) is 0.500. The van der Waals surface area contributed by atoms with Gasteiger partial charge in [-0.05, 0) is 11.8 Å². The van der Waals surface area contributed by atoms with E-state index in [4.69, 9.17) is 4.42 Å². The highest BCUT2D eigenvalue weighted by molar-refractivity contribution is 7.98. The molecule has 4 rings (SSSR count). The van der Waals surface area contributed by atoms with Crippen molar-refractivity contribution in [2.75, 3.05) is 25.9 Å².